The minimum absolute atomic E-state index is 0.728. The minimum atomic E-state index is 0.728. The third-order valence-corrected chi connectivity index (χ3v) is 3.72. The maximum Gasteiger partial charge on any atom is 0.175 e. The van der Waals surface area contributed by atoms with Crippen LogP contribution in [0.3, 0.4) is 0 Å². The van der Waals surface area contributed by atoms with E-state index in [4.69, 9.17) is 0 Å². The van der Waals surface area contributed by atoms with Crippen LogP contribution in [0, 0.1) is 6.92 Å². The third kappa shape index (κ3) is 2.70. The normalized spacial score (nSPS) is 10.7. The van der Waals surface area contributed by atoms with E-state index in [0.717, 1.165) is 23.9 Å². The molecule has 0 aromatic carbocycles. The zero-order chi connectivity index (χ0) is 13.9. The summed E-state index contributed by atoms with van der Waals surface area (Å²) in [4.78, 5) is 2.08. The molecule has 0 fully saturated rings. The van der Waals surface area contributed by atoms with Crippen LogP contribution in [0.4, 0.5) is 5.82 Å². The van der Waals surface area contributed by atoms with Gasteiger partial charge in [0.05, 0.1) is 5.69 Å². The topological polar surface area (TPSA) is 46.8 Å². The molecule has 0 N–H and O–H groups in total. The SMILES string of the molecule is Cc1ccn(-c2ccc(N(C)Cc3ccsc3)nn2)n1. The first-order valence-corrected chi connectivity index (χ1v) is 7.25. The summed E-state index contributed by atoms with van der Waals surface area (Å²) in [6.07, 6.45) is 1.88. The summed E-state index contributed by atoms with van der Waals surface area (Å²) in [7, 11) is 2.01. The molecule has 102 valence electrons. The molecule has 0 unspecified atom stereocenters. The van der Waals surface area contributed by atoms with Gasteiger partial charge in [0.25, 0.3) is 0 Å². The molecule has 3 aromatic rings. The number of thiophene rings is 1. The van der Waals surface area contributed by atoms with Crippen molar-refractivity contribution in [2.45, 2.75) is 13.5 Å². The van der Waals surface area contributed by atoms with Gasteiger partial charge in [0.2, 0.25) is 0 Å². The van der Waals surface area contributed by atoms with E-state index in [-0.39, 0.29) is 0 Å². The maximum absolute atomic E-state index is 4.32. The molecule has 3 aromatic heterocycles. The smallest absolute Gasteiger partial charge is 0.175 e. The molecule has 0 atom stereocenters. The molecule has 3 heterocycles. The van der Waals surface area contributed by atoms with E-state index in [1.165, 1.54) is 5.56 Å². The molecule has 20 heavy (non-hydrogen) atoms. The Kier molecular flexibility index (Phi) is 3.47. The van der Waals surface area contributed by atoms with Gasteiger partial charge in [0, 0.05) is 19.8 Å². The summed E-state index contributed by atoms with van der Waals surface area (Å²) in [6, 6.07) is 7.96. The highest BCUT2D eigenvalue weighted by Crippen LogP contribution is 2.14. The van der Waals surface area contributed by atoms with Gasteiger partial charge in [0.15, 0.2) is 11.6 Å². The molecule has 0 amide bonds. The highest BCUT2D eigenvalue weighted by atomic mass is 32.1. The van der Waals surface area contributed by atoms with Crippen LogP contribution < -0.4 is 4.90 Å². The van der Waals surface area contributed by atoms with Crippen molar-refractivity contribution in [2.75, 3.05) is 11.9 Å². The van der Waals surface area contributed by atoms with Gasteiger partial charge in [-0.3, -0.25) is 0 Å². The quantitative estimate of drug-likeness (QED) is 0.739. The molecular weight excluding hydrogens is 270 g/mol. The summed E-state index contributed by atoms with van der Waals surface area (Å²) in [5.74, 6) is 1.58. The minimum Gasteiger partial charge on any atom is -0.354 e. The average molecular weight is 285 g/mol. The summed E-state index contributed by atoms with van der Waals surface area (Å²) in [5.41, 5.74) is 2.25. The lowest BCUT2D eigenvalue weighted by molar-refractivity contribution is 0.790. The Balaban J connectivity index is 1.75. The first-order chi connectivity index (χ1) is 9.72. The predicted octanol–water partition coefficient (Wildman–Crippen LogP) is 2.67. The molecule has 6 heteroatoms. The Bertz CT molecular complexity index is 672. The Morgan fingerprint density at radius 2 is 2.10 bits per heavy atom. The van der Waals surface area contributed by atoms with Gasteiger partial charge in [0.1, 0.15) is 0 Å². The van der Waals surface area contributed by atoms with Crippen LogP contribution in [0.25, 0.3) is 5.82 Å². The Labute approximate surface area is 121 Å². The van der Waals surface area contributed by atoms with Gasteiger partial charge in [-0.2, -0.15) is 16.4 Å². The monoisotopic (exact) mass is 285 g/mol. The third-order valence-electron chi connectivity index (χ3n) is 2.98. The van der Waals surface area contributed by atoms with Gasteiger partial charge in [-0.15, -0.1) is 10.2 Å². The molecular formula is C14H15N5S. The molecule has 0 aliphatic rings. The number of aryl methyl sites for hydroxylation is 1. The van der Waals surface area contributed by atoms with Crippen molar-refractivity contribution in [3.8, 4) is 5.82 Å². The van der Waals surface area contributed by atoms with Crippen LogP contribution in [-0.4, -0.2) is 27.0 Å². The van der Waals surface area contributed by atoms with Gasteiger partial charge < -0.3 is 4.90 Å². The lowest BCUT2D eigenvalue weighted by Gasteiger charge is -2.16. The molecule has 0 saturated carbocycles. The van der Waals surface area contributed by atoms with Gasteiger partial charge in [-0.25, -0.2) is 4.68 Å². The number of nitrogens with zero attached hydrogens (tertiary/aromatic N) is 5. The number of hydrogen-bond donors (Lipinski definition) is 0. The first-order valence-electron chi connectivity index (χ1n) is 6.31. The van der Waals surface area contributed by atoms with Crippen LogP contribution in [0.1, 0.15) is 11.3 Å². The van der Waals surface area contributed by atoms with Crippen molar-refractivity contribution in [1.29, 1.82) is 0 Å². The predicted molar refractivity (Wildman–Crippen MR) is 80.3 cm³/mol. The number of rotatable bonds is 4. The lowest BCUT2D eigenvalue weighted by Crippen LogP contribution is -2.18. The Morgan fingerprint density at radius 3 is 2.70 bits per heavy atom. The van der Waals surface area contributed by atoms with Crippen LogP contribution >= 0.6 is 11.3 Å². The summed E-state index contributed by atoms with van der Waals surface area (Å²) >= 11 is 1.70. The van der Waals surface area contributed by atoms with Crippen molar-refractivity contribution in [3.63, 3.8) is 0 Å². The van der Waals surface area contributed by atoms with Gasteiger partial charge >= 0.3 is 0 Å². The van der Waals surface area contributed by atoms with Crippen molar-refractivity contribution < 1.29 is 0 Å². The summed E-state index contributed by atoms with van der Waals surface area (Å²) in [5, 5.41) is 17.0. The van der Waals surface area contributed by atoms with Crippen LogP contribution in [0.2, 0.25) is 0 Å². The standard InChI is InChI=1S/C14H15N5S/c1-11-5-7-19(17-11)14-4-3-13(15-16-14)18(2)9-12-6-8-20-10-12/h3-8,10H,9H2,1-2H3. The van der Waals surface area contributed by atoms with Crippen molar-refractivity contribution in [2.24, 2.45) is 0 Å². The lowest BCUT2D eigenvalue weighted by atomic mass is 10.3. The first kappa shape index (κ1) is 12.8. The number of anilines is 1. The van der Waals surface area contributed by atoms with Crippen molar-refractivity contribution in [1.82, 2.24) is 20.0 Å². The zero-order valence-corrected chi connectivity index (χ0v) is 12.2. The highest BCUT2D eigenvalue weighted by molar-refractivity contribution is 7.07. The van der Waals surface area contributed by atoms with Crippen LogP contribution in [-0.2, 0) is 6.54 Å². The highest BCUT2D eigenvalue weighted by Gasteiger charge is 2.06. The molecule has 0 bridgehead atoms. The second-order valence-electron chi connectivity index (χ2n) is 4.64. The fourth-order valence-corrected chi connectivity index (χ4v) is 2.58. The van der Waals surface area contributed by atoms with E-state index >= 15 is 0 Å². The van der Waals surface area contributed by atoms with E-state index in [9.17, 15) is 0 Å². The van der Waals surface area contributed by atoms with Crippen molar-refractivity contribution >= 4 is 17.2 Å². The second kappa shape index (κ2) is 5.42. The fraction of sp³-hybridized carbons (Fsp3) is 0.214. The molecule has 5 nitrogen and oxygen atoms in total. The molecule has 3 rings (SSSR count). The van der Waals surface area contributed by atoms with Gasteiger partial charge in [-0.1, -0.05) is 0 Å². The van der Waals surface area contributed by atoms with Gasteiger partial charge in [-0.05, 0) is 47.5 Å². The van der Waals surface area contributed by atoms with Crippen molar-refractivity contribution in [3.05, 3.63) is 52.5 Å². The fourth-order valence-electron chi connectivity index (χ4n) is 1.92. The molecule has 0 aliphatic carbocycles. The van der Waals surface area contributed by atoms with E-state index in [2.05, 4.69) is 37.0 Å². The van der Waals surface area contributed by atoms with E-state index in [1.54, 1.807) is 16.0 Å². The molecule has 0 spiro atoms. The Hall–Kier alpha value is -2.21. The zero-order valence-electron chi connectivity index (χ0n) is 11.4. The number of hydrogen-bond acceptors (Lipinski definition) is 5. The largest absolute Gasteiger partial charge is 0.354 e. The van der Waals surface area contributed by atoms with Crippen LogP contribution in [0.15, 0.2) is 41.2 Å². The maximum atomic E-state index is 4.32. The molecule has 0 saturated heterocycles. The second-order valence-corrected chi connectivity index (χ2v) is 5.42. The van der Waals surface area contributed by atoms with E-state index in [0.29, 0.717) is 0 Å². The van der Waals surface area contributed by atoms with E-state index in [1.807, 2.05) is 38.4 Å². The van der Waals surface area contributed by atoms with E-state index < -0.39 is 0 Å². The van der Waals surface area contributed by atoms with Crippen LogP contribution in [0.5, 0.6) is 0 Å². The number of aromatic nitrogens is 4. The summed E-state index contributed by atoms with van der Waals surface area (Å²) < 4.78 is 1.73. The molecule has 0 radical (unpaired) electrons. The average Bonchev–Trinajstić information content (AvgIpc) is 3.10. The Morgan fingerprint density at radius 1 is 1.20 bits per heavy atom. The summed E-state index contributed by atoms with van der Waals surface area (Å²) in [6.45, 7) is 2.78. The molecule has 0 aliphatic heterocycles.